The van der Waals surface area contributed by atoms with E-state index in [0.29, 0.717) is 12.1 Å². The number of carboxylic acid groups (broad SMARTS) is 1. The van der Waals surface area contributed by atoms with E-state index in [1.807, 2.05) is 0 Å². The molecular weight excluding hydrogens is 282 g/mol. The molecule has 1 heterocycles. The molecular formula is C11H7F4N3O2. The van der Waals surface area contributed by atoms with Crippen molar-refractivity contribution in [2.75, 3.05) is 5.73 Å². The number of carbonyl (C=O) groups is 1. The van der Waals surface area contributed by atoms with Gasteiger partial charge in [0.05, 0.1) is 17.4 Å². The Kier molecular flexibility index (Phi) is 3.12. The number of hydrogen-bond acceptors (Lipinski definition) is 3. The fraction of sp³-hybridized carbons (Fsp3) is 0.0909. The summed E-state index contributed by atoms with van der Waals surface area (Å²) < 4.78 is 51.6. The zero-order chi connectivity index (χ0) is 15.1. The van der Waals surface area contributed by atoms with Crippen LogP contribution in [0.1, 0.15) is 16.1 Å². The van der Waals surface area contributed by atoms with Gasteiger partial charge in [0.1, 0.15) is 11.5 Å². The summed E-state index contributed by atoms with van der Waals surface area (Å²) >= 11 is 0. The number of alkyl halides is 3. The Labute approximate surface area is 109 Å². The van der Waals surface area contributed by atoms with Gasteiger partial charge in [-0.15, -0.1) is 0 Å². The van der Waals surface area contributed by atoms with E-state index >= 15 is 0 Å². The fourth-order valence-corrected chi connectivity index (χ4v) is 1.55. The van der Waals surface area contributed by atoms with Gasteiger partial charge in [-0.3, -0.25) is 0 Å². The van der Waals surface area contributed by atoms with E-state index in [2.05, 4.69) is 5.10 Å². The molecule has 2 rings (SSSR count). The molecule has 5 nitrogen and oxygen atoms in total. The summed E-state index contributed by atoms with van der Waals surface area (Å²) in [7, 11) is 0. The first kappa shape index (κ1) is 13.8. The van der Waals surface area contributed by atoms with Crippen molar-refractivity contribution in [2.45, 2.75) is 6.18 Å². The summed E-state index contributed by atoms with van der Waals surface area (Å²) in [6.07, 6.45) is -3.66. The highest BCUT2D eigenvalue weighted by atomic mass is 19.4. The molecule has 0 aliphatic carbocycles. The lowest BCUT2D eigenvalue weighted by molar-refractivity contribution is -0.137. The highest BCUT2D eigenvalue weighted by Gasteiger charge is 2.31. The number of nitrogen functional groups attached to an aromatic ring is 1. The van der Waals surface area contributed by atoms with Gasteiger partial charge in [-0.05, 0) is 18.2 Å². The Morgan fingerprint density at radius 1 is 1.35 bits per heavy atom. The number of benzene rings is 1. The lowest BCUT2D eigenvalue weighted by Gasteiger charge is -2.08. The van der Waals surface area contributed by atoms with Gasteiger partial charge in [-0.25, -0.2) is 13.9 Å². The maximum Gasteiger partial charge on any atom is 0.416 e. The van der Waals surface area contributed by atoms with Crippen LogP contribution in [0.4, 0.5) is 23.2 Å². The minimum Gasteiger partial charge on any atom is -0.476 e. The van der Waals surface area contributed by atoms with E-state index < -0.39 is 29.2 Å². The van der Waals surface area contributed by atoms with Crippen molar-refractivity contribution >= 4 is 11.7 Å². The minimum atomic E-state index is -4.67. The summed E-state index contributed by atoms with van der Waals surface area (Å²) in [6, 6.07) is 1.81. The van der Waals surface area contributed by atoms with Crippen molar-refractivity contribution in [3.05, 3.63) is 41.5 Å². The first-order valence-electron chi connectivity index (χ1n) is 5.15. The molecule has 0 atom stereocenters. The van der Waals surface area contributed by atoms with Crippen LogP contribution >= 0.6 is 0 Å². The van der Waals surface area contributed by atoms with Crippen LogP contribution in [0.25, 0.3) is 5.69 Å². The lowest BCUT2D eigenvalue weighted by atomic mass is 10.2. The molecule has 0 aliphatic heterocycles. The maximum absolute atomic E-state index is 13.7. The van der Waals surface area contributed by atoms with E-state index in [1.54, 1.807) is 0 Å². The molecule has 0 aliphatic rings. The summed E-state index contributed by atoms with van der Waals surface area (Å²) in [6.45, 7) is 0. The van der Waals surface area contributed by atoms with Crippen LogP contribution in [-0.2, 0) is 6.18 Å². The number of hydrogen-bond donors (Lipinski definition) is 2. The van der Waals surface area contributed by atoms with Gasteiger partial charge in [-0.1, -0.05) is 0 Å². The molecule has 0 saturated heterocycles. The topological polar surface area (TPSA) is 81.1 Å². The highest BCUT2D eigenvalue weighted by molar-refractivity contribution is 5.91. The number of aromatic nitrogens is 2. The molecule has 0 amide bonds. The molecule has 1 aromatic carbocycles. The number of halogens is 4. The van der Waals surface area contributed by atoms with E-state index in [1.165, 1.54) is 0 Å². The molecule has 0 radical (unpaired) electrons. The maximum atomic E-state index is 13.7. The summed E-state index contributed by atoms with van der Waals surface area (Å²) in [5.41, 5.74) is 3.14. The van der Waals surface area contributed by atoms with Crippen molar-refractivity contribution in [1.82, 2.24) is 9.78 Å². The zero-order valence-corrected chi connectivity index (χ0v) is 9.65. The Morgan fingerprint density at radius 2 is 2.00 bits per heavy atom. The third kappa shape index (κ3) is 2.42. The Balaban J connectivity index is 2.49. The highest BCUT2D eigenvalue weighted by Crippen LogP contribution is 2.31. The molecule has 20 heavy (non-hydrogen) atoms. The molecule has 9 heteroatoms. The fourth-order valence-electron chi connectivity index (χ4n) is 1.55. The predicted molar refractivity (Wildman–Crippen MR) is 59.9 cm³/mol. The monoisotopic (exact) mass is 289 g/mol. The molecule has 0 bridgehead atoms. The Morgan fingerprint density at radius 3 is 2.45 bits per heavy atom. The minimum absolute atomic E-state index is 0.225. The van der Waals surface area contributed by atoms with Gasteiger partial charge in [0, 0.05) is 0 Å². The average molecular weight is 289 g/mol. The number of nitrogens with zero attached hydrogens (tertiary/aromatic N) is 2. The van der Waals surface area contributed by atoms with Crippen molar-refractivity contribution in [3.63, 3.8) is 0 Å². The average Bonchev–Trinajstić information content (AvgIpc) is 2.69. The number of rotatable bonds is 2. The molecule has 106 valence electrons. The molecule has 2 aromatic rings. The van der Waals surface area contributed by atoms with Gasteiger partial charge in [-0.2, -0.15) is 18.3 Å². The second-order valence-corrected chi connectivity index (χ2v) is 3.85. The SMILES string of the molecule is Nc1cn(-c2ccc(C(F)(F)F)cc2F)nc1C(=O)O. The molecule has 0 saturated carbocycles. The molecule has 0 unspecified atom stereocenters. The third-order valence-electron chi connectivity index (χ3n) is 2.47. The van der Waals surface area contributed by atoms with Gasteiger partial charge < -0.3 is 10.8 Å². The van der Waals surface area contributed by atoms with Crippen LogP contribution in [0.2, 0.25) is 0 Å². The second-order valence-electron chi connectivity index (χ2n) is 3.85. The van der Waals surface area contributed by atoms with Crippen molar-refractivity contribution < 1.29 is 27.5 Å². The van der Waals surface area contributed by atoms with Gasteiger partial charge in [0.2, 0.25) is 0 Å². The number of carboxylic acids is 1. The lowest BCUT2D eigenvalue weighted by Crippen LogP contribution is -2.08. The third-order valence-corrected chi connectivity index (χ3v) is 2.47. The van der Waals surface area contributed by atoms with Crippen molar-refractivity contribution in [3.8, 4) is 5.69 Å². The van der Waals surface area contributed by atoms with Crippen LogP contribution < -0.4 is 5.73 Å². The smallest absolute Gasteiger partial charge is 0.416 e. The number of aromatic carboxylic acids is 1. The Hall–Kier alpha value is -2.58. The van der Waals surface area contributed by atoms with E-state index in [4.69, 9.17) is 10.8 Å². The first-order valence-corrected chi connectivity index (χ1v) is 5.15. The van der Waals surface area contributed by atoms with Gasteiger partial charge >= 0.3 is 12.1 Å². The van der Waals surface area contributed by atoms with E-state index in [-0.39, 0.29) is 11.4 Å². The molecule has 0 spiro atoms. The summed E-state index contributed by atoms with van der Waals surface area (Å²) in [5.74, 6) is -2.62. The zero-order valence-electron chi connectivity index (χ0n) is 9.65. The van der Waals surface area contributed by atoms with E-state index in [9.17, 15) is 22.4 Å². The molecule has 3 N–H and O–H groups in total. The predicted octanol–water partition coefficient (Wildman–Crippen LogP) is 2.31. The Bertz CT molecular complexity index is 679. The first-order chi connectivity index (χ1) is 9.20. The van der Waals surface area contributed by atoms with Crippen LogP contribution in [0.5, 0.6) is 0 Å². The largest absolute Gasteiger partial charge is 0.476 e. The van der Waals surface area contributed by atoms with Crippen molar-refractivity contribution in [1.29, 1.82) is 0 Å². The van der Waals surface area contributed by atoms with Gasteiger partial charge in [0.15, 0.2) is 5.69 Å². The van der Waals surface area contributed by atoms with Crippen LogP contribution in [0, 0.1) is 5.82 Å². The van der Waals surface area contributed by atoms with Crippen LogP contribution in [0.15, 0.2) is 24.4 Å². The van der Waals surface area contributed by atoms with Crippen molar-refractivity contribution in [2.24, 2.45) is 0 Å². The quantitative estimate of drug-likeness (QED) is 0.831. The number of nitrogens with two attached hydrogens (primary N) is 1. The van der Waals surface area contributed by atoms with Crippen LogP contribution in [0.3, 0.4) is 0 Å². The van der Waals surface area contributed by atoms with Gasteiger partial charge in [0.25, 0.3) is 0 Å². The standard InChI is InChI=1S/C11H7F4N3O2/c12-6-3-5(11(13,14)15)1-2-8(6)18-4-7(16)9(17-18)10(19)20/h1-4H,16H2,(H,19,20). The summed E-state index contributed by atoms with van der Waals surface area (Å²) in [5, 5.41) is 12.3. The van der Waals surface area contributed by atoms with E-state index in [0.717, 1.165) is 16.9 Å². The second kappa shape index (κ2) is 4.51. The van der Waals surface area contributed by atoms with Crippen LogP contribution in [-0.4, -0.2) is 20.9 Å². The molecule has 0 fully saturated rings. The summed E-state index contributed by atoms with van der Waals surface area (Å²) in [4.78, 5) is 10.7. The molecule has 1 aromatic heterocycles. The number of anilines is 1. The normalized spacial score (nSPS) is 11.6.